The van der Waals surface area contributed by atoms with Crippen molar-refractivity contribution < 1.29 is 8.95 Å². The molecule has 0 fully saturated rings. The molecule has 1 atom stereocenters. The Hall–Kier alpha value is -1.59. The first-order valence-electron chi connectivity index (χ1n) is 7.11. The van der Waals surface area contributed by atoms with E-state index in [4.69, 9.17) is 16.3 Å². The Bertz CT molecular complexity index is 799. The number of aromatic nitrogens is 1. The first-order chi connectivity index (χ1) is 10.6. The van der Waals surface area contributed by atoms with Crippen LogP contribution < -0.4 is 4.74 Å². The number of fused-ring (bicyclic) bond motifs is 1. The standard InChI is InChI=1S/C16H17ClN2O2S/c1-18-22(20)9-5-8-13-16(22)14(10-15(17)19-13)21-11-12-6-3-2-4-7-12/h2-4,6-7,10H,5,8-9,11H2,1H3/t22-/m0/s1. The molecule has 116 valence electrons. The van der Waals surface area contributed by atoms with Gasteiger partial charge >= 0.3 is 0 Å². The summed E-state index contributed by atoms with van der Waals surface area (Å²) in [7, 11) is -0.870. The molecule has 2 heterocycles. The molecule has 6 heteroatoms. The number of benzene rings is 1. The van der Waals surface area contributed by atoms with Gasteiger partial charge in [0.1, 0.15) is 22.4 Å². The van der Waals surface area contributed by atoms with Gasteiger partial charge in [-0.1, -0.05) is 41.9 Å². The van der Waals surface area contributed by atoms with Crippen LogP contribution in [-0.4, -0.2) is 22.0 Å². The van der Waals surface area contributed by atoms with Crippen molar-refractivity contribution in [2.24, 2.45) is 4.36 Å². The Morgan fingerprint density at radius 3 is 2.86 bits per heavy atom. The molecule has 22 heavy (non-hydrogen) atoms. The Kier molecular flexibility index (Phi) is 4.36. The summed E-state index contributed by atoms with van der Waals surface area (Å²) in [6.07, 6.45) is 1.55. The van der Waals surface area contributed by atoms with E-state index in [2.05, 4.69) is 9.35 Å². The highest BCUT2D eigenvalue weighted by Gasteiger charge is 2.27. The molecule has 1 aliphatic rings. The van der Waals surface area contributed by atoms with Crippen LogP contribution in [0.2, 0.25) is 5.15 Å². The van der Waals surface area contributed by atoms with E-state index in [9.17, 15) is 4.21 Å². The van der Waals surface area contributed by atoms with Crippen molar-refractivity contribution in [3.8, 4) is 5.75 Å². The molecule has 0 radical (unpaired) electrons. The van der Waals surface area contributed by atoms with Gasteiger partial charge in [-0.25, -0.2) is 13.6 Å². The van der Waals surface area contributed by atoms with E-state index in [-0.39, 0.29) is 0 Å². The Balaban J connectivity index is 2.01. The molecule has 1 aliphatic heterocycles. The minimum atomic E-state index is -2.46. The number of rotatable bonds is 3. The Morgan fingerprint density at radius 1 is 1.36 bits per heavy atom. The van der Waals surface area contributed by atoms with Crippen molar-refractivity contribution in [2.75, 3.05) is 12.8 Å². The summed E-state index contributed by atoms with van der Waals surface area (Å²) in [6, 6.07) is 11.5. The van der Waals surface area contributed by atoms with Gasteiger partial charge < -0.3 is 4.74 Å². The van der Waals surface area contributed by atoms with Gasteiger partial charge in [-0.3, -0.25) is 0 Å². The van der Waals surface area contributed by atoms with Crippen LogP contribution in [0.1, 0.15) is 17.7 Å². The molecule has 0 bridgehead atoms. The number of pyridine rings is 1. The Labute approximate surface area is 135 Å². The summed E-state index contributed by atoms with van der Waals surface area (Å²) >= 11 is 6.09. The molecule has 0 N–H and O–H groups in total. The van der Waals surface area contributed by atoms with Gasteiger partial charge in [0.25, 0.3) is 0 Å². The van der Waals surface area contributed by atoms with Crippen molar-refractivity contribution in [3.63, 3.8) is 0 Å². The van der Waals surface area contributed by atoms with Gasteiger partial charge in [-0.2, -0.15) is 0 Å². The van der Waals surface area contributed by atoms with E-state index >= 15 is 0 Å². The molecular weight excluding hydrogens is 320 g/mol. The van der Waals surface area contributed by atoms with Crippen LogP contribution in [-0.2, 0) is 22.8 Å². The minimum Gasteiger partial charge on any atom is -0.487 e. The summed E-state index contributed by atoms with van der Waals surface area (Å²) in [5.41, 5.74) is 1.79. The molecule has 0 saturated carbocycles. The predicted molar refractivity (Wildman–Crippen MR) is 88.0 cm³/mol. The molecule has 2 aromatic rings. The van der Waals surface area contributed by atoms with Crippen LogP contribution in [0.25, 0.3) is 0 Å². The van der Waals surface area contributed by atoms with Crippen LogP contribution in [0.5, 0.6) is 5.75 Å². The monoisotopic (exact) mass is 336 g/mol. The highest BCUT2D eigenvalue weighted by Crippen LogP contribution is 2.35. The summed E-state index contributed by atoms with van der Waals surface area (Å²) in [4.78, 5) is 4.95. The molecule has 1 aromatic heterocycles. The zero-order chi connectivity index (χ0) is 15.6. The normalized spacial score (nSPS) is 20.3. The van der Waals surface area contributed by atoms with Crippen molar-refractivity contribution in [3.05, 3.63) is 52.8 Å². The van der Waals surface area contributed by atoms with E-state index in [0.717, 1.165) is 24.1 Å². The SMILES string of the molecule is CN=[S@]1(=O)CCCc2nc(Cl)cc(OCc3ccccc3)c21. The quantitative estimate of drug-likeness (QED) is 0.803. The van der Waals surface area contributed by atoms with E-state index < -0.39 is 9.73 Å². The van der Waals surface area contributed by atoms with Crippen LogP contribution in [0.4, 0.5) is 0 Å². The predicted octanol–water partition coefficient (Wildman–Crippen LogP) is 3.72. The van der Waals surface area contributed by atoms with E-state index in [1.54, 1.807) is 13.1 Å². The molecule has 3 rings (SSSR count). The largest absolute Gasteiger partial charge is 0.487 e. The number of aryl methyl sites for hydroxylation is 1. The van der Waals surface area contributed by atoms with Crippen molar-refractivity contribution in [1.29, 1.82) is 0 Å². The number of hydrogen-bond donors (Lipinski definition) is 0. The summed E-state index contributed by atoms with van der Waals surface area (Å²) in [5, 5.41) is 0.363. The summed E-state index contributed by atoms with van der Waals surface area (Å²) < 4.78 is 23.0. The lowest BCUT2D eigenvalue weighted by atomic mass is 10.2. The van der Waals surface area contributed by atoms with Crippen LogP contribution in [0.3, 0.4) is 0 Å². The van der Waals surface area contributed by atoms with Crippen molar-refractivity contribution in [1.82, 2.24) is 4.98 Å². The van der Waals surface area contributed by atoms with Gasteiger partial charge in [-0.15, -0.1) is 0 Å². The first kappa shape index (κ1) is 15.3. The highest BCUT2D eigenvalue weighted by molar-refractivity contribution is 7.93. The van der Waals surface area contributed by atoms with Gasteiger partial charge in [0.15, 0.2) is 0 Å². The van der Waals surface area contributed by atoms with Crippen molar-refractivity contribution >= 4 is 21.3 Å². The topological polar surface area (TPSA) is 51.5 Å². The van der Waals surface area contributed by atoms with E-state index in [1.165, 1.54) is 0 Å². The fraction of sp³-hybridized carbons (Fsp3) is 0.312. The lowest BCUT2D eigenvalue weighted by Gasteiger charge is -2.22. The van der Waals surface area contributed by atoms with Gasteiger partial charge in [-0.05, 0) is 18.4 Å². The third-order valence-electron chi connectivity index (χ3n) is 3.66. The zero-order valence-electron chi connectivity index (χ0n) is 12.3. The van der Waals surface area contributed by atoms with Crippen LogP contribution >= 0.6 is 11.6 Å². The number of nitrogens with zero attached hydrogens (tertiary/aromatic N) is 2. The maximum atomic E-state index is 13.0. The van der Waals surface area contributed by atoms with E-state index in [1.807, 2.05) is 30.3 Å². The first-order valence-corrected chi connectivity index (χ1v) is 9.18. The van der Waals surface area contributed by atoms with E-state index in [0.29, 0.717) is 28.2 Å². The molecule has 0 aliphatic carbocycles. The maximum Gasteiger partial charge on any atom is 0.141 e. The van der Waals surface area contributed by atoms with Gasteiger partial charge in [0.05, 0.1) is 15.4 Å². The second-order valence-corrected chi connectivity index (χ2v) is 7.97. The lowest BCUT2D eigenvalue weighted by molar-refractivity contribution is 0.296. The van der Waals surface area contributed by atoms with Gasteiger partial charge in [0.2, 0.25) is 0 Å². The van der Waals surface area contributed by atoms with Crippen LogP contribution in [0.15, 0.2) is 45.7 Å². The number of ether oxygens (including phenoxy) is 1. The number of hydrogen-bond acceptors (Lipinski definition) is 4. The highest BCUT2D eigenvalue weighted by atomic mass is 35.5. The third kappa shape index (κ3) is 2.96. The second kappa shape index (κ2) is 6.26. The molecule has 0 spiro atoms. The molecule has 0 unspecified atom stereocenters. The lowest BCUT2D eigenvalue weighted by Crippen LogP contribution is -2.19. The molecule has 0 amide bonds. The smallest absolute Gasteiger partial charge is 0.141 e. The molecule has 1 aromatic carbocycles. The molecule has 4 nitrogen and oxygen atoms in total. The van der Waals surface area contributed by atoms with Crippen LogP contribution in [0, 0.1) is 0 Å². The fourth-order valence-corrected chi connectivity index (χ4v) is 4.86. The summed E-state index contributed by atoms with van der Waals surface area (Å²) in [6.45, 7) is 0.396. The maximum absolute atomic E-state index is 13.0. The molecule has 0 saturated heterocycles. The van der Waals surface area contributed by atoms with Gasteiger partial charge in [0, 0.05) is 18.9 Å². The third-order valence-corrected chi connectivity index (χ3v) is 6.36. The molecular formula is C16H17ClN2O2S. The number of halogens is 1. The second-order valence-electron chi connectivity index (χ2n) is 5.12. The minimum absolute atomic E-state index is 0.363. The fourth-order valence-electron chi connectivity index (χ4n) is 2.60. The summed E-state index contributed by atoms with van der Waals surface area (Å²) in [5.74, 6) is 1.08. The average Bonchev–Trinajstić information content (AvgIpc) is 2.53. The average molecular weight is 337 g/mol. The van der Waals surface area contributed by atoms with Crippen molar-refractivity contribution in [2.45, 2.75) is 24.3 Å². The Morgan fingerprint density at radius 2 is 2.14 bits per heavy atom. The zero-order valence-corrected chi connectivity index (χ0v) is 13.9.